The third-order valence-corrected chi connectivity index (χ3v) is 3.80. The highest BCUT2D eigenvalue weighted by atomic mass is 32.1. The van der Waals surface area contributed by atoms with Gasteiger partial charge in [-0.1, -0.05) is 0 Å². The molecule has 124 valence electrons. The Morgan fingerprint density at radius 3 is 2.74 bits per heavy atom. The van der Waals surface area contributed by atoms with E-state index in [4.69, 9.17) is 9.47 Å². The molecule has 0 spiro atoms. The molecule has 0 saturated carbocycles. The number of rotatable bonds is 7. The van der Waals surface area contributed by atoms with E-state index in [9.17, 15) is 0 Å². The Kier molecular flexibility index (Phi) is 6.75. The molecule has 2 N–H and O–H groups in total. The van der Waals surface area contributed by atoms with Crippen molar-refractivity contribution in [1.82, 2.24) is 5.32 Å². The molecule has 23 heavy (non-hydrogen) atoms. The van der Waals surface area contributed by atoms with Crippen molar-refractivity contribution >= 4 is 23.0 Å². The van der Waals surface area contributed by atoms with Gasteiger partial charge >= 0.3 is 0 Å². The lowest BCUT2D eigenvalue weighted by Gasteiger charge is -2.14. The van der Waals surface area contributed by atoms with Gasteiger partial charge in [0, 0.05) is 18.3 Å². The van der Waals surface area contributed by atoms with Crippen molar-refractivity contribution < 1.29 is 9.47 Å². The third kappa shape index (κ3) is 5.17. The van der Waals surface area contributed by atoms with Crippen LogP contribution in [0, 0.1) is 0 Å². The minimum Gasteiger partial charge on any atom is -0.493 e. The molecule has 2 aromatic rings. The monoisotopic (exact) mass is 333 g/mol. The average Bonchev–Trinajstić information content (AvgIpc) is 3.07. The molecule has 1 aromatic heterocycles. The number of nitrogens with one attached hydrogen (secondary N) is 2. The number of nitrogens with zero attached hydrogens (tertiary/aromatic N) is 1. The lowest BCUT2D eigenvalue weighted by atomic mass is 10.2. The highest BCUT2D eigenvalue weighted by molar-refractivity contribution is 7.07. The molecule has 1 aromatic carbocycles. The molecule has 0 aliphatic heterocycles. The van der Waals surface area contributed by atoms with Crippen molar-refractivity contribution in [2.45, 2.75) is 20.4 Å². The summed E-state index contributed by atoms with van der Waals surface area (Å²) in [5.41, 5.74) is 2.11. The zero-order valence-electron chi connectivity index (χ0n) is 13.8. The topological polar surface area (TPSA) is 54.9 Å². The zero-order chi connectivity index (χ0) is 16.5. The maximum Gasteiger partial charge on any atom is 0.196 e. The molecular weight excluding hydrogens is 310 g/mol. The van der Waals surface area contributed by atoms with Crippen LogP contribution in [0.4, 0.5) is 5.69 Å². The van der Waals surface area contributed by atoms with Crippen molar-refractivity contribution in [2.24, 2.45) is 4.99 Å². The van der Waals surface area contributed by atoms with Crippen LogP contribution < -0.4 is 20.1 Å². The van der Waals surface area contributed by atoms with Crippen molar-refractivity contribution in [3.63, 3.8) is 0 Å². The van der Waals surface area contributed by atoms with Crippen molar-refractivity contribution in [2.75, 3.05) is 25.6 Å². The highest BCUT2D eigenvalue weighted by Gasteiger charge is 2.07. The van der Waals surface area contributed by atoms with Gasteiger partial charge < -0.3 is 20.1 Å². The second kappa shape index (κ2) is 9.05. The van der Waals surface area contributed by atoms with Crippen molar-refractivity contribution in [1.29, 1.82) is 0 Å². The van der Waals surface area contributed by atoms with E-state index < -0.39 is 0 Å². The first-order valence-electron chi connectivity index (χ1n) is 7.64. The van der Waals surface area contributed by atoms with Gasteiger partial charge in [0.1, 0.15) is 0 Å². The van der Waals surface area contributed by atoms with Crippen LogP contribution in [0.2, 0.25) is 0 Å². The molecule has 0 unspecified atom stereocenters. The van der Waals surface area contributed by atoms with Crippen LogP contribution in [-0.4, -0.2) is 26.2 Å². The van der Waals surface area contributed by atoms with E-state index in [1.807, 2.05) is 32.0 Å². The molecule has 6 heteroatoms. The Balaban J connectivity index is 2.12. The number of hydrogen-bond acceptors (Lipinski definition) is 4. The SMILES string of the molecule is CCNC(=NCc1ccsc1)Nc1ccc(OC)c(OCC)c1. The van der Waals surface area contributed by atoms with Gasteiger partial charge in [-0.3, -0.25) is 0 Å². The van der Waals surface area contributed by atoms with Gasteiger partial charge in [-0.15, -0.1) is 0 Å². The Hall–Kier alpha value is -2.21. The van der Waals surface area contributed by atoms with E-state index >= 15 is 0 Å². The number of thiophene rings is 1. The lowest BCUT2D eigenvalue weighted by Crippen LogP contribution is -2.30. The molecule has 0 atom stereocenters. The lowest BCUT2D eigenvalue weighted by molar-refractivity contribution is 0.311. The first-order valence-corrected chi connectivity index (χ1v) is 8.58. The Morgan fingerprint density at radius 2 is 2.09 bits per heavy atom. The van der Waals surface area contributed by atoms with Crippen molar-refractivity contribution in [3.8, 4) is 11.5 Å². The molecule has 5 nitrogen and oxygen atoms in total. The van der Waals surface area contributed by atoms with Gasteiger partial charge in [-0.05, 0) is 48.4 Å². The quantitative estimate of drug-likeness (QED) is 0.599. The molecule has 0 bridgehead atoms. The first-order chi connectivity index (χ1) is 11.3. The number of aliphatic imine (C=N–C) groups is 1. The molecule has 0 fully saturated rings. The van der Waals surface area contributed by atoms with Crippen LogP contribution in [0.1, 0.15) is 19.4 Å². The number of ether oxygens (including phenoxy) is 2. The number of hydrogen-bond donors (Lipinski definition) is 2. The zero-order valence-corrected chi connectivity index (χ0v) is 14.6. The van der Waals surface area contributed by atoms with Crippen LogP contribution in [-0.2, 0) is 6.54 Å². The van der Waals surface area contributed by atoms with E-state index in [2.05, 4.69) is 32.5 Å². The Labute approximate surface area is 141 Å². The number of anilines is 1. The minimum absolute atomic E-state index is 0.589. The Morgan fingerprint density at radius 1 is 1.22 bits per heavy atom. The largest absolute Gasteiger partial charge is 0.493 e. The van der Waals surface area contributed by atoms with Crippen LogP contribution in [0.5, 0.6) is 11.5 Å². The molecule has 0 amide bonds. The summed E-state index contributed by atoms with van der Waals surface area (Å²) in [5, 5.41) is 10.7. The third-order valence-electron chi connectivity index (χ3n) is 3.07. The summed E-state index contributed by atoms with van der Waals surface area (Å²) in [5.74, 6) is 2.18. The van der Waals surface area contributed by atoms with Gasteiger partial charge in [0.25, 0.3) is 0 Å². The second-order valence-corrected chi connectivity index (χ2v) is 5.53. The summed E-state index contributed by atoms with van der Waals surface area (Å²) < 4.78 is 10.9. The molecular formula is C17H23N3O2S. The van der Waals surface area contributed by atoms with E-state index in [0.29, 0.717) is 18.9 Å². The van der Waals surface area contributed by atoms with E-state index in [1.54, 1.807) is 18.4 Å². The fraction of sp³-hybridized carbons (Fsp3) is 0.353. The van der Waals surface area contributed by atoms with Gasteiger partial charge in [0.15, 0.2) is 17.5 Å². The Bertz CT molecular complexity index is 627. The van der Waals surface area contributed by atoms with E-state index in [1.165, 1.54) is 5.56 Å². The first kappa shape index (κ1) is 17.1. The van der Waals surface area contributed by atoms with Gasteiger partial charge in [0.2, 0.25) is 0 Å². The van der Waals surface area contributed by atoms with Crippen LogP contribution in [0.3, 0.4) is 0 Å². The van der Waals surface area contributed by atoms with E-state index in [0.717, 1.165) is 23.9 Å². The van der Waals surface area contributed by atoms with Crippen LogP contribution in [0.25, 0.3) is 0 Å². The molecule has 0 aliphatic rings. The standard InChI is InChI=1S/C17H23N3O2S/c1-4-18-17(19-11-13-8-9-23-12-13)20-14-6-7-15(21-3)16(10-14)22-5-2/h6-10,12H,4-5,11H2,1-3H3,(H2,18,19,20). The molecule has 0 saturated heterocycles. The average molecular weight is 333 g/mol. The normalized spacial score (nSPS) is 11.2. The number of guanidine groups is 1. The summed E-state index contributed by atoms with van der Waals surface area (Å²) >= 11 is 1.68. The maximum atomic E-state index is 5.61. The summed E-state index contributed by atoms with van der Waals surface area (Å²) in [6, 6.07) is 7.83. The van der Waals surface area contributed by atoms with Gasteiger partial charge in [0.05, 0.1) is 20.3 Å². The predicted molar refractivity (Wildman–Crippen MR) is 96.9 cm³/mol. The van der Waals surface area contributed by atoms with Crippen LogP contribution >= 0.6 is 11.3 Å². The highest BCUT2D eigenvalue weighted by Crippen LogP contribution is 2.30. The summed E-state index contributed by atoms with van der Waals surface area (Å²) in [4.78, 5) is 4.60. The summed E-state index contributed by atoms with van der Waals surface area (Å²) in [6.07, 6.45) is 0. The van der Waals surface area contributed by atoms with Crippen molar-refractivity contribution in [3.05, 3.63) is 40.6 Å². The van der Waals surface area contributed by atoms with Gasteiger partial charge in [-0.2, -0.15) is 11.3 Å². The van der Waals surface area contributed by atoms with Crippen LogP contribution in [0.15, 0.2) is 40.0 Å². The predicted octanol–water partition coefficient (Wildman–Crippen LogP) is 3.73. The van der Waals surface area contributed by atoms with Gasteiger partial charge in [-0.25, -0.2) is 4.99 Å². The maximum absolute atomic E-state index is 5.61. The number of methoxy groups -OCH3 is 1. The minimum atomic E-state index is 0.589. The molecule has 2 rings (SSSR count). The fourth-order valence-electron chi connectivity index (χ4n) is 2.02. The summed E-state index contributed by atoms with van der Waals surface area (Å²) in [6.45, 7) is 6.02. The second-order valence-electron chi connectivity index (χ2n) is 4.75. The summed E-state index contributed by atoms with van der Waals surface area (Å²) in [7, 11) is 1.64. The number of benzene rings is 1. The van der Waals surface area contributed by atoms with E-state index in [-0.39, 0.29) is 0 Å². The smallest absolute Gasteiger partial charge is 0.196 e. The molecule has 0 aliphatic carbocycles. The fourth-order valence-corrected chi connectivity index (χ4v) is 2.68. The molecule has 0 radical (unpaired) electrons. The molecule has 1 heterocycles.